The summed E-state index contributed by atoms with van der Waals surface area (Å²) >= 11 is 0. The Hall–Kier alpha value is -2.32. The van der Waals surface area contributed by atoms with Gasteiger partial charge in [-0.1, -0.05) is 111 Å². The predicted molar refractivity (Wildman–Crippen MR) is 110 cm³/mol. The first-order valence-corrected chi connectivity index (χ1v) is 8.71. The lowest BCUT2D eigenvalue weighted by Gasteiger charge is -2.43. The molecule has 2 heteroatoms. The standard InChI is InChI=1S/C22H24B.H3N/c1-2-3-19-23(20-13-7-4-8-14-20,21-15-9-5-10-16-21)22-17-11-6-12-18-22;/h4-18H,2-3,19H2,1H3;1H3/q-1;/p+1. The van der Waals surface area contributed by atoms with Crippen LogP contribution in [0.2, 0.25) is 6.32 Å². The van der Waals surface area contributed by atoms with Crippen molar-refractivity contribution in [2.45, 2.75) is 26.1 Å². The molecule has 0 aliphatic heterocycles. The summed E-state index contributed by atoms with van der Waals surface area (Å²) in [5.41, 5.74) is 4.33. The van der Waals surface area contributed by atoms with Gasteiger partial charge in [0.15, 0.2) is 0 Å². The molecule has 0 saturated carbocycles. The predicted octanol–water partition coefficient (Wildman–Crippen LogP) is 4.33. The van der Waals surface area contributed by atoms with Crippen molar-refractivity contribution in [3.8, 4) is 0 Å². The first-order valence-electron chi connectivity index (χ1n) is 8.71. The molecule has 24 heavy (non-hydrogen) atoms. The molecule has 0 aliphatic rings. The summed E-state index contributed by atoms with van der Waals surface area (Å²) < 4.78 is 0. The molecule has 3 rings (SSSR count). The molecule has 0 aliphatic carbocycles. The Morgan fingerprint density at radius 3 is 1.21 bits per heavy atom. The van der Waals surface area contributed by atoms with Gasteiger partial charge in [0, 0.05) is 0 Å². The third kappa shape index (κ3) is 3.44. The van der Waals surface area contributed by atoms with E-state index in [2.05, 4.69) is 97.9 Å². The average Bonchev–Trinajstić information content (AvgIpc) is 2.65. The van der Waals surface area contributed by atoms with Gasteiger partial charge in [-0.15, -0.1) is 0 Å². The zero-order chi connectivity index (χ0) is 16.0. The Morgan fingerprint density at radius 2 is 0.917 bits per heavy atom. The van der Waals surface area contributed by atoms with E-state index in [0.29, 0.717) is 0 Å². The van der Waals surface area contributed by atoms with Gasteiger partial charge in [-0.2, -0.15) is 22.7 Å². The minimum atomic E-state index is -0.913. The molecule has 0 aromatic heterocycles. The van der Waals surface area contributed by atoms with Crippen molar-refractivity contribution < 1.29 is 0 Å². The average molecular weight is 317 g/mol. The van der Waals surface area contributed by atoms with Crippen LogP contribution >= 0.6 is 0 Å². The first kappa shape index (κ1) is 18.0. The second-order valence-electron chi connectivity index (χ2n) is 6.42. The zero-order valence-electron chi connectivity index (χ0n) is 14.9. The third-order valence-corrected chi connectivity index (χ3v) is 5.10. The van der Waals surface area contributed by atoms with Crippen LogP contribution in [0, 0.1) is 0 Å². The van der Waals surface area contributed by atoms with E-state index in [1.54, 1.807) is 0 Å². The molecule has 1 nitrogen and oxygen atoms in total. The molecule has 0 heterocycles. The number of rotatable bonds is 6. The quantitative estimate of drug-likeness (QED) is 0.657. The Balaban J connectivity index is 0.00000208. The van der Waals surface area contributed by atoms with E-state index in [-0.39, 0.29) is 6.15 Å². The number of hydrogen-bond acceptors (Lipinski definition) is 0. The van der Waals surface area contributed by atoms with Gasteiger partial charge in [-0.25, -0.2) is 0 Å². The molecule has 124 valence electrons. The summed E-state index contributed by atoms with van der Waals surface area (Å²) in [6, 6.07) is 33.2. The van der Waals surface area contributed by atoms with E-state index in [9.17, 15) is 0 Å². The maximum absolute atomic E-state index is 2.30. The molecule has 3 aromatic carbocycles. The summed E-state index contributed by atoms with van der Waals surface area (Å²) in [7, 11) is 0. The van der Waals surface area contributed by atoms with Crippen LogP contribution in [0.5, 0.6) is 0 Å². The highest BCUT2D eigenvalue weighted by atomic mass is 14.1. The molecule has 4 N–H and O–H groups in total. The van der Waals surface area contributed by atoms with Gasteiger partial charge < -0.3 is 6.15 Å². The molecule has 0 spiro atoms. The molecule has 0 saturated heterocycles. The van der Waals surface area contributed by atoms with Crippen LogP contribution in [0.4, 0.5) is 0 Å². The molecule has 3 aromatic rings. The minimum Gasteiger partial charge on any atom is -0.369 e. The maximum atomic E-state index is 2.30. The summed E-state index contributed by atoms with van der Waals surface area (Å²) in [6.45, 7) is 2.28. The smallest absolute Gasteiger partial charge is 0.0814 e. The Morgan fingerprint density at radius 1 is 0.583 bits per heavy atom. The second kappa shape index (κ2) is 8.51. The molecular weight excluding hydrogens is 289 g/mol. The van der Waals surface area contributed by atoms with Crippen LogP contribution in [0.1, 0.15) is 19.8 Å². The zero-order valence-corrected chi connectivity index (χ0v) is 14.9. The summed E-state index contributed by atoms with van der Waals surface area (Å²) in [6.07, 6.45) is 2.73. The van der Waals surface area contributed by atoms with Crippen LogP contribution in [-0.4, -0.2) is 6.15 Å². The lowest BCUT2D eigenvalue weighted by Crippen LogP contribution is -2.66. The number of benzene rings is 3. The summed E-state index contributed by atoms with van der Waals surface area (Å²) in [4.78, 5) is 0. The second-order valence-corrected chi connectivity index (χ2v) is 6.42. The van der Waals surface area contributed by atoms with E-state index in [1.807, 2.05) is 0 Å². The summed E-state index contributed by atoms with van der Waals surface area (Å²) in [5, 5.41) is 0. The van der Waals surface area contributed by atoms with Crippen molar-refractivity contribution in [1.82, 2.24) is 6.15 Å². The van der Waals surface area contributed by atoms with Crippen LogP contribution in [0.15, 0.2) is 91.0 Å². The molecule has 0 radical (unpaired) electrons. The molecule has 0 atom stereocenters. The fraction of sp³-hybridized carbons (Fsp3) is 0.182. The fourth-order valence-corrected chi connectivity index (χ4v) is 3.93. The van der Waals surface area contributed by atoms with Crippen LogP contribution in [-0.2, 0) is 0 Å². The topological polar surface area (TPSA) is 36.5 Å². The monoisotopic (exact) mass is 317 g/mol. The summed E-state index contributed by atoms with van der Waals surface area (Å²) in [5.74, 6) is 0. The maximum Gasteiger partial charge on any atom is 0.0814 e. The van der Waals surface area contributed by atoms with Crippen molar-refractivity contribution in [2.24, 2.45) is 0 Å². The van der Waals surface area contributed by atoms with Crippen LogP contribution in [0.3, 0.4) is 0 Å². The van der Waals surface area contributed by atoms with Crippen molar-refractivity contribution in [3.63, 3.8) is 0 Å². The highest BCUT2D eigenvalue weighted by Gasteiger charge is 2.28. The van der Waals surface area contributed by atoms with Crippen molar-refractivity contribution in [2.75, 3.05) is 0 Å². The van der Waals surface area contributed by atoms with Gasteiger partial charge in [0.2, 0.25) is 0 Å². The van der Waals surface area contributed by atoms with E-state index < -0.39 is 6.15 Å². The van der Waals surface area contributed by atoms with E-state index in [4.69, 9.17) is 0 Å². The molecule has 0 bridgehead atoms. The Labute approximate surface area is 146 Å². The Kier molecular flexibility index (Phi) is 6.40. The number of hydrogen-bond donors (Lipinski definition) is 1. The lowest BCUT2D eigenvalue weighted by molar-refractivity contribution is 0.874. The highest BCUT2D eigenvalue weighted by Crippen LogP contribution is 2.16. The number of quaternary nitrogens is 1. The van der Waals surface area contributed by atoms with Crippen LogP contribution in [0.25, 0.3) is 0 Å². The van der Waals surface area contributed by atoms with Crippen molar-refractivity contribution in [1.29, 1.82) is 0 Å². The van der Waals surface area contributed by atoms with Gasteiger partial charge in [-0.05, 0) is 0 Å². The van der Waals surface area contributed by atoms with E-state index >= 15 is 0 Å². The largest absolute Gasteiger partial charge is 0.369 e. The van der Waals surface area contributed by atoms with Gasteiger partial charge in [0.25, 0.3) is 0 Å². The fourth-order valence-electron chi connectivity index (χ4n) is 3.93. The highest BCUT2D eigenvalue weighted by molar-refractivity contribution is 7.11. The molecule has 0 unspecified atom stereocenters. The SMILES string of the molecule is CCCC[B-](c1ccccc1)(c1ccccc1)c1ccccc1.[NH4+]. The molecule has 0 fully saturated rings. The van der Waals surface area contributed by atoms with Gasteiger partial charge in [-0.3, -0.25) is 0 Å². The number of unbranched alkanes of at least 4 members (excludes halogenated alkanes) is 1. The normalized spacial score (nSPS) is 10.9. The van der Waals surface area contributed by atoms with E-state index in [0.717, 1.165) is 0 Å². The van der Waals surface area contributed by atoms with Crippen LogP contribution < -0.4 is 22.5 Å². The third-order valence-electron chi connectivity index (χ3n) is 5.10. The molecule has 0 amide bonds. The van der Waals surface area contributed by atoms with Gasteiger partial charge >= 0.3 is 0 Å². The van der Waals surface area contributed by atoms with Crippen molar-refractivity contribution >= 4 is 22.5 Å². The first-order chi connectivity index (χ1) is 11.4. The minimum absolute atomic E-state index is 0. The van der Waals surface area contributed by atoms with E-state index in [1.165, 1.54) is 35.6 Å². The Bertz CT molecular complexity index is 614. The lowest BCUT2D eigenvalue weighted by atomic mass is 9.14. The van der Waals surface area contributed by atoms with Crippen molar-refractivity contribution in [3.05, 3.63) is 91.0 Å². The van der Waals surface area contributed by atoms with Gasteiger partial charge in [0.1, 0.15) is 0 Å². The molecular formula is C22H28BN. The van der Waals surface area contributed by atoms with Gasteiger partial charge in [0.05, 0.1) is 6.15 Å².